The van der Waals surface area contributed by atoms with Crippen LogP contribution in [0.4, 0.5) is 17.1 Å². The van der Waals surface area contributed by atoms with Gasteiger partial charge in [-0.25, -0.2) is 5.01 Å². The summed E-state index contributed by atoms with van der Waals surface area (Å²) < 4.78 is 0. The molecule has 0 N–H and O–H groups in total. The number of hydrazone groups is 1. The second-order valence-electron chi connectivity index (χ2n) is 8.62. The second kappa shape index (κ2) is 7.10. The van der Waals surface area contributed by atoms with E-state index in [0.29, 0.717) is 5.02 Å². The molecule has 0 bridgehead atoms. The molecule has 6 heteroatoms. The molecule has 1 amide bonds. The van der Waals surface area contributed by atoms with Crippen LogP contribution in [0.25, 0.3) is 0 Å². The molecule has 32 heavy (non-hydrogen) atoms. The second-order valence-corrected chi connectivity index (χ2v) is 9.06. The van der Waals surface area contributed by atoms with Gasteiger partial charge in [-0.15, -0.1) is 0 Å². The lowest BCUT2D eigenvalue weighted by atomic mass is 9.91. The van der Waals surface area contributed by atoms with Crippen LogP contribution < -0.4 is 14.8 Å². The number of amidine groups is 1. The zero-order valence-corrected chi connectivity index (χ0v) is 18.5. The fourth-order valence-electron chi connectivity index (χ4n) is 5.57. The summed E-state index contributed by atoms with van der Waals surface area (Å²) in [6, 6.07) is 26.1. The monoisotopic (exact) mass is 442 g/mol. The molecule has 2 aliphatic heterocycles. The first-order valence-corrected chi connectivity index (χ1v) is 11.4. The molecule has 0 radical (unpaired) electrons. The van der Waals surface area contributed by atoms with E-state index in [0.717, 1.165) is 47.7 Å². The summed E-state index contributed by atoms with van der Waals surface area (Å²) in [5, 5.41) is 7.98. The summed E-state index contributed by atoms with van der Waals surface area (Å²) >= 11 is 6.20. The zero-order chi connectivity index (χ0) is 21.9. The van der Waals surface area contributed by atoms with E-state index in [-0.39, 0.29) is 11.8 Å². The average molecular weight is 443 g/mol. The summed E-state index contributed by atoms with van der Waals surface area (Å²) in [7, 11) is 1.89. The van der Waals surface area contributed by atoms with Gasteiger partial charge in [0.25, 0.3) is 0 Å². The van der Waals surface area contributed by atoms with E-state index in [1.54, 1.807) is 0 Å². The summed E-state index contributed by atoms with van der Waals surface area (Å²) in [6.07, 6.45) is 2.65. The van der Waals surface area contributed by atoms with E-state index in [2.05, 4.69) is 28.1 Å². The molecule has 6 rings (SSSR count). The maximum atomic E-state index is 13.8. The quantitative estimate of drug-likeness (QED) is 0.526. The van der Waals surface area contributed by atoms with E-state index >= 15 is 0 Å². The fraction of sp³-hybridized carbons (Fsp3) is 0.231. The summed E-state index contributed by atoms with van der Waals surface area (Å²) in [5.74, 6) is 0.785. The van der Waals surface area contributed by atoms with Gasteiger partial charge in [-0.1, -0.05) is 41.9 Å². The molecule has 0 aromatic heterocycles. The molecule has 1 saturated carbocycles. The van der Waals surface area contributed by atoms with Crippen molar-refractivity contribution in [1.29, 1.82) is 0 Å². The number of nitrogens with zero attached hydrogens (tertiary/aromatic N) is 4. The lowest BCUT2D eigenvalue weighted by molar-refractivity contribution is -0.123. The number of benzene rings is 3. The zero-order valence-electron chi connectivity index (χ0n) is 17.8. The van der Waals surface area contributed by atoms with Crippen LogP contribution in [0.3, 0.4) is 0 Å². The lowest BCUT2D eigenvalue weighted by Crippen LogP contribution is -2.60. The van der Waals surface area contributed by atoms with Gasteiger partial charge < -0.3 is 4.90 Å². The van der Waals surface area contributed by atoms with Gasteiger partial charge in [-0.05, 0) is 67.8 Å². The van der Waals surface area contributed by atoms with Crippen LogP contribution in [0, 0.1) is 5.92 Å². The van der Waals surface area contributed by atoms with Gasteiger partial charge in [0.1, 0.15) is 0 Å². The predicted octanol–water partition coefficient (Wildman–Crippen LogP) is 5.50. The van der Waals surface area contributed by atoms with Crippen LogP contribution >= 0.6 is 11.6 Å². The molecular weight excluding hydrogens is 420 g/mol. The Bertz CT molecular complexity index is 1230. The largest absolute Gasteiger partial charge is 0.313 e. The third-order valence-corrected chi connectivity index (χ3v) is 7.22. The Labute approximate surface area is 192 Å². The Balaban J connectivity index is 1.66. The number of halogens is 1. The Morgan fingerprint density at radius 1 is 0.938 bits per heavy atom. The van der Waals surface area contributed by atoms with E-state index in [4.69, 9.17) is 16.7 Å². The molecule has 2 heterocycles. The van der Waals surface area contributed by atoms with Gasteiger partial charge in [-0.2, -0.15) is 5.10 Å². The Kier molecular flexibility index (Phi) is 4.30. The van der Waals surface area contributed by atoms with E-state index in [9.17, 15) is 4.79 Å². The Morgan fingerprint density at radius 2 is 1.62 bits per heavy atom. The first kappa shape index (κ1) is 19.4. The van der Waals surface area contributed by atoms with Crippen LogP contribution in [0.2, 0.25) is 5.02 Å². The lowest BCUT2D eigenvalue weighted by Gasteiger charge is -2.44. The minimum absolute atomic E-state index is 0.144. The number of carbonyl (C=O) groups excluding carboxylic acids is 1. The van der Waals surface area contributed by atoms with Crippen molar-refractivity contribution in [3.63, 3.8) is 0 Å². The molecule has 160 valence electrons. The summed E-state index contributed by atoms with van der Waals surface area (Å²) in [6.45, 7) is 0. The number of carbonyl (C=O) groups is 1. The third kappa shape index (κ3) is 2.58. The Morgan fingerprint density at radius 3 is 2.38 bits per heavy atom. The highest BCUT2D eigenvalue weighted by Crippen LogP contribution is 2.54. The number of fused-ring (bicyclic) bond motifs is 2. The molecule has 3 aromatic rings. The molecule has 3 aliphatic rings. The third-order valence-electron chi connectivity index (χ3n) is 6.97. The highest BCUT2D eigenvalue weighted by atomic mass is 35.5. The number of rotatable bonds is 2. The van der Waals surface area contributed by atoms with Crippen molar-refractivity contribution in [3.05, 3.63) is 89.4 Å². The van der Waals surface area contributed by atoms with Gasteiger partial charge in [0, 0.05) is 17.6 Å². The van der Waals surface area contributed by atoms with Crippen LogP contribution in [-0.2, 0) is 4.79 Å². The highest BCUT2D eigenvalue weighted by Gasteiger charge is 2.62. The standard InChI is InChI=1S/C26H23ClN4O/c1-29-22-11-5-6-12-23(22)30-24(18-13-15-19(27)16-14-18)28-31(20-8-3-2-4-9-20)26(30)17-7-10-21(26)25(29)32/h2-6,8-9,11-16,21H,7,10,17H2,1H3/t21-,26+/m1/s1. The topological polar surface area (TPSA) is 39.2 Å². The molecule has 5 nitrogen and oxygen atoms in total. The molecular formula is C26H23ClN4O. The number of para-hydroxylation sites is 3. The van der Waals surface area contributed by atoms with Gasteiger partial charge in [0.15, 0.2) is 11.5 Å². The van der Waals surface area contributed by atoms with Crippen LogP contribution in [-0.4, -0.2) is 24.5 Å². The van der Waals surface area contributed by atoms with E-state index in [1.165, 1.54) is 0 Å². The molecule has 1 aliphatic carbocycles. The van der Waals surface area contributed by atoms with Gasteiger partial charge >= 0.3 is 0 Å². The summed E-state index contributed by atoms with van der Waals surface area (Å²) in [4.78, 5) is 17.9. The minimum Gasteiger partial charge on any atom is -0.313 e. The first-order valence-electron chi connectivity index (χ1n) is 11.0. The van der Waals surface area contributed by atoms with Crippen LogP contribution in [0.5, 0.6) is 0 Å². The number of hydrogen-bond donors (Lipinski definition) is 0. The highest BCUT2D eigenvalue weighted by molar-refractivity contribution is 6.30. The predicted molar refractivity (Wildman–Crippen MR) is 129 cm³/mol. The minimum atomic E-state index is -0.589. The Hall–Kier alpha value is -3.31. The van der Waals surface area contributed by atoms with Crippen LogP contribution in [0.15, 0.2) is 84.0 Å². The van der Waals surface area contributed by atoms with Crippen molar-refractivity contribution in [2.24, 2.45) is 11.0 Å². The van der Waals surface area contributed by atoms with Gasteiger partial charge in [-0.3, -0.25) is 9.69 Å². The fourth-order valence-corrected chi connectivity index (χ4v) is 5.69. The van der Waals surface area contributed by atoms with Crippen molar-refractivity contribution >= 4 is 40.4 Å². The molecule has 3 aromatic carbocycles. The molecule has 2 atom stereocenters. The smallest absolute Gasteiger partial charge is 0.234 e. The van der Waals surface area contributed by atoms with Crippen molar-refractivity contribution < 1.29 is 4.79 Å². The molecule has 0 unspecified atom stereocenters. The van der Waals surface area contributed by atoms with E-state index in [1.807, 2.05) is 72.6 Å². The van der Waals surface area contributed by atoms with Crippen molar-refractivity contribution in [2.75, 3.05) is 21.9 Å². The average Bonchev–Trinajstić information content (AvgIpc) is 3.40. The normalized spacial score (nSPS) is 24.1. The molecule has 0 saturated heterocycles. The van der Waals surface area contributed by atoms with Crippen LogP contribution in [0.1, 0.15) is 24.8 Å². The van der Waals surface area contributed by atoms with E-state index < -0.39 is 5.66 Å². The summed E-state index contributed by atoms with van der Waals surface area (Å²) in [5.41, 5.74) is 3.28. The van der Waals surface area contributed by atoms with Crippen molar-refractivity contribution in [2.45, 2.75) is 24.9 Å². The first-order chi connectivity index (χ1) is 15.6. The maximum absolute atomic E-state index is 13.8. The molecule has 1 spiro atoms. The number of hydrogen-bond acceptors (Lipinski definition) is 4. The van der Waals surface area contributed by atoms with Gasteiger partial charge in [0.2, 0.25) is 5.91 Å². The maximum Gasteiger partial charge on any atom is 0.234 e. The SMILES string of the molecule is CN1C(=O)[C@H]2CCC[C@]23N(c2ccccc2)N=C(c2ccc(Cl)cc2)N3c2ccccc21. The number of anilines is 3. The number of amides is 1. The van der Waals surface area contributed by atoms with Crippen molar-refractivity contribution in [3.8, 4) is 0 Å². The van der Waals surface area contributed by atoms with Gasteiger partial charge in [0.05, 0.1) is 23.0 Å². The molecule has 1 fully saturated rings. The van der Waals surface area contributed by atoms with Crippen molar-refractivity contribution in [1.82, 2.24) is 0 Å².